The molecule has 0 saturated carbocycles. The Labute approximate surface area is 450 Å². The van der Waals surface area contributed by atoms with E-state index in [1.165, 1.54) is 128 Å². The molecule has 0 bridgehead atoms. The summed E-state index contributed by atoms with van der Waals surface area (Å²) in [5.74, 6) is 0. The van der Waals surface area contributed by atoms with E-state index < -0.39 is 5.41 Å². The van der Waals surface area contributed by atoms with E-state index in [0.717, 1.165) is 11.4 Å². The van der Waals surface area contributed by atoms with Gasteiger partial charge in [0.15, 0.2) is 0 Å². The highest BCUT2D eigenvalue weighted by molar-refractivity contribution is 6.03. The number of para-hydroxylation sites is 1. The second kappa shape index (κ2) is 16.0. The minimum absolute atomic E-state index is 0.00813. The molecule has 14 rings (SSSR count). The van der Waals surface area contributed by atoms with Crippen LogP contribution < -0.4 is 4.90 Å². The minimum atomic E-state index is -0.530. The first-order valence-corrected chi connectivity index (χ1v) is 27.5. The zero-order chi connectivity index (χ0) is 52.3. The van der Waals surface area contributed by atoms with Gasteiger partial charge in [-0.15, -0.1) is 0 Å². The van der Waals surface area contributed by atoms with E-state index >= 15 is 0 Å². The topological polar surface area (TPSA) is 3.24 Å². The maximum Gasteiger partial charge on any atom is 0.0726 e. The fourth-order valence-corrected chi connectivity index (χ4v) is 14.4. The smallest absolute Gasteiger partial charge is 0.0726 e. The van der Waals surface area contributed by atoms with Gasteiger partial charge in [0.2, 0.25) is 0 Å². The van der Waals surface area contributed by atoms with E-state index in [1.54, 1.807) is 0 Å². The number of nitrogens with zero attached hydrogens (tertiary/aromatic N) is 1. The molecule has 0 unspecified atom stereocenters. The van der Waals surface area contributed by atoms with Gasteiger partial charge in [-0.3, -0.25) is 0 Å². The lowest BCUT2D eigenvalue weighted by molar-refractivity contribution is 0.589. The normalized spacial score (nSPS) is 15.3. The number of benzene rings is 10. The molecule has 10 aromatic rings. The van der Waals surface area contributed by atoms with Crippen LogP contribution in [0.3, 0.4) is 0 Å². The van der Waals surface area contributed by atoms with Crippen molar-refractivity contribution in [1.29, 1.82) is 0 Å². The van der Waals surface area contributed by atoms with Crippen molar-refractivity contribution < 1.29 is 0 Å². The molecule has 0 fully saturated rings. The van der Waals surface area contributed by atoms with Crippen LogP contribution in [0.15, 0.2) is 212 Å². The molecule has 1 spiro atoms. The Morgan fingerprint density at radius 3 is 1.45 bits per heavy atom. The summed E-state index contributed by atoms with van der Waals surface area (Å²) in [6.45, 7) is 23.6. The molecule has 76 heavy (non-hydrogen) atoms. The van der Waals surface area contributed by atoms with Crippen molar-refractivity contribution in [2.24, 2.45) is 0 Å². The van der Waals surface area contributed by atoms with Gasteiger partial charge in [0.25, 0.3) is 0 Å². The van der Waals surface area contributed by atoms with Crippen LogP contribution in [0.5, 0.6) is 0 Å². The maximum atomic E-state index is 2.60. The SMILES string of the molecule is CC(C)(C)c1ccc2c(c1)-c1cc(C(C)(C)C)ccc1C21c2ccccc2-c2c(N(c3cccc(-c4cccc5c4C(C)(C)c4ccccc4-5)c3)c3ccccc3-c3ccc4c(c3)C(C)(C)c3ccccc3-4)cccc21. The molecule has 1 nitrogen and oxygen atoms in total. The number of rotatable bonds is 5. The highest BCUT2D eigenvalue weighted by atomic mass is 15.1. The molecular weight excluding hydrogens is 915 g/mol. The predicted molar refractivity (Wildman–Crippen MR) is 321 cm³/mol. The fourth-order valence-electron chi connectivity index (χ4n) is 14.4. The van der Waals surface area contributed by atoms with Gasteiger partial charge in [0.05, 0.1) is 16.8 Å². The third-order valence-corrected chi connectivity index (χ3v) is 18.2. The molecule has 4 aliphatic rings. The summed E-state index contributed by atoms with van der Waals surface area (Å²) < 4.78 is 0. The van der Waals surface area contributed by atoms with Crippen LogP contribution in [0.4, 0.5) is 17.1 Å². The molecule has 0 N–H and O–H groups in total. The standard InChI is InChI=1S/C75H65N/c1-71(2,3)48-37-40-63-58(44-48)59-45-49(72(4,5)6)38-41-64(59)75(63)62-32-17-13-27-57(62)69-65(75)33-21-35-68(69)76(50-23-19-22-46(42-50)52-28-20-29-56-54-26-12-16-31-61(54)74(9,10)70(52)56)67-34-18-14-24-51(67)47-36-39-55-53-25-11-15-30-60(53)73(7,8)66(55)43-47/h11-45H,1-10H3. The summed E-state index contributed by atoms with van der Waals surface area (Å²) in [6.07, 6.45) is 0. The second-order valence-electron chi connectivity index (χ2n) is 25.2. The predicted octanol–water partition coefficient (Wildman–Crippen LogP) is 20.0. The quantitative estimate of drug-likeness (QED) is 0.166. The Morgan fingerprint density at radius 1 is 0.303 bits per heavy atom. The molecule has 370 valence electrons. The largest absolute Gasteiger partial charge is 0.309 e. The number of hydrogen-bond donors (Lipinski definition) is 0. The molecule has 4 aliphatic carbocycles. The molecule has 0 atom stereocenters. The van der Waals surface area contributed by atoms with Crippen LogP contribution in [0.2, 0.25) is 0 Å². The number of hydrogen-bond acceptors (Lipinski definition) is 1. The van der Waals surface area contributed by atoms with Crippen molar-refractivity contribution in [2.45, 2.75) is 96.3 Å². The van der Waals surface area contributed by atoms with E-state index in [0.29, 0.717) is 0 Å². The first kappa shape index (κ1) is 46.5. The summed E-state index contributed by atoms with van der Waals surface area (Å²) in [5.41, 5.74) is 31.7. The summed E-state index contributed by atoms with van der Waals surface area (Å²) in [6, 6.07) is 82.0. The van der Waals surface area contributed by atoms with Crippen LogP contribution in [0, 0.1) is 0 Å². The van der Waals surface area contributed by atoms with Gasteiger partial charge in [-0.05, 0) is 152 Å². The average molecular weight is 980 g/mol. The Morgan fingerprint density at radius 2 is 0.776 bits per heavy atom. The van der Waals surface area contributed by atoms with E-state index in [9.17, 15) is 0 Å². The molecular formula is C75H65N. The van der Waals surface area contributed by atoms with E-state index in [4.69, 9.17) is 0 Å². The molecule has 1 heteroatoms. The van der Waals surface area contributed by atoms with Gasteiger partial charge in [-0.25, -0.2) is 0 Å². The lowest BCUT2D eigenvalue weighted by Gasteiger charge is -2.33. The molecule has 0 heterocycles. The first-order chi connectivity index (χ1) is 36.5. The van der Waals surface area contributed by atoms with Gasteiger partial charge in [-0.2, -0.15) is 0 Å². The number of fused-ring (bicyclic) bond motifs is 16. The lowest BCUT2D eigenvalue weighted by atomic mass is 9.70. The van der Waals surface area contributed by atoms with Crippen LogP contribution in [-0.2, 0) is 27.1 Å². The van der Waals surface area contributed by atoms with E-state index in [-0.39, 0.29) is 21.7 Å². The van der Waals surface area contributed by atoms with Gasteiger partial charge in [-0.1, -0.05) is 251 Å². The Balaban J connectivity index is 1.04. The highest BCUT2D eigenvalue weighted by Crippen LogP contribution is 2.66. The van der Waals surface area contributed by atoms with E-state index in [1.807, 2.05) is 0 Å². The molecule has 0 amide bonds. The Hall–Kier alpha value is -8.00. The monoisotopic (exact) mass is 980 g/mol. The highest BCUT2D eigenvalue weighted by Gasteiger charge is 2.53. The lowest BCUT2D eigenvalue weighted by Crippen LogP contribution is -2.26. The third-order valence-electron chi connectivity index (χ3n) is 18.2. The Kier molecular flexibility index (Phi) is 9.80. The molecule has 0 aromatic heterocycles. The maximum absolute atomic E-state index is 2.60. The fraction of sp³-hybridized carbons (Fsp3) is 0.200. The van der Waals surface area contributed by atoms with Crippen LogP contribution in [0.1, 0.15) is 125 Å². The first-order valence-electron chi connectivity index (χ1n) is 27.5. The summed E-state index contributed by atoms with van der Waals surface area (Å²) in [5, 5.41) is 0. The molecule has 0 aliphatic heterocycles. The third kappa shape index (κ3) is 6.38. The zero-order valence-corrected chi connectivity index (χ0v) is 45.7. The van der Waals surface area contributed by atoms with Gasteiger partial charge in [0, 0.05) is 27.6 Å². The van der Waals surface area contributed by atoms with Crippen molar-refractivity contribution in [3.8, 4) is 66.8 Å². The molecule has 0 saturated heterocycles. The molecule has 0 radical (unpaired) electrons. The average Bonchev–Trinajstić information content (AvgIpc) is 4.19. The van der Waals surface area contributed by atoms with Crippen molar-refractivity contribution in [3.05, 3.63) is 268 Å². The van der Waals surface area contributed by atoms with Crippen LogP contribution >= 0.6 is 0 Å². The van der Waals surface area contributed by atoms with Gasteiger partial charge < -0.3 is 4.90 Å². The van der Waals surface area contributed by atoms with Crippen LogP contribution in [-0.4, -0.2) is 0 Å². The van der Waals surface area contributed by atoms with Crippen molar-refractivity contribution >= 4 is 17.1 Å². The minimum Gasteiger partial charge on any atom is -0.309 e. The van der Waals surface area contributed by atoms with Crippen molar-refractivity contribution in [1.82, 2.24) is 0 Å². The summed E-state index contributed by atoms with van der Waals surface area (Å²) in [7, 11) is 0. The number of anilines is 3. The molecule has 10 aromatic carbocycles. The van der Waals surface area contributed by atoms with Gasteiger partial charge >= 0.3 is 0 Å². The van der Waals surface area contributed by atoms with Crippen molar-refractivity contribution in [2.75, 3.05) is 4.90 Å². The van der Waals surface area contributed by atoms with Crippen LogP contribution in [0.25, 0.3) is 66.8 Å². The zero-order valence-electron chi connectivity index (χ0n) is 45.7. The van der Waals surface area contributed by atoms with E-state index in [2.05, 4.69) is 286 Å². The second-order valence-corrected chi connectivity index (χ2v) is 25.2. The summed E-state index contributed by atoms with van der Waals surface area (Å²) >= 11 is 0. The van der Waals surface area contributed by atoms with Crippen molar-refractivity contribution in [3.63, 3.8) is 0 Å². The Bertz CT molecular complexity index is 4020. The van der Waals surface area contributed by atoms with Gasteiger partial charge in [0.1, 0.15) is 0 Å². The summed E-state index contributed by atoms with van der Waals surface area (Å²) in [4.78, 5) is 2.60.